The Morgan fingerprint density at radius 3 is 2.18 bits per heavy atom. The van der Waals surface area contributed by atoms with Crippen molar-refractivity contribution >= 4 is 17.7 Å². The molecule has 1 amide bonds. The number of hydrogen-bond acceptors (Lipinski definition) is 4. The number of carboxylic acids is 1. The van der Waals surface area contributed by atoms with Crippen LogP contribution < -0.4 is 11.1 Å². The van der Waals surface area contributed by atoms with Crippen LogP contribution in [-0.4, -0.2) is 34.8 Å². The number of hydrogen-bond donors (Lipinski definition) is 3. The number of nitrogens with one attached hydrogen (secondary N) is 1. The first-order valence-corrected chi connectivity index (χ1v) is 13.5. The van der Waals surface area contributed by atoms with Crippen LogP contribution in [-0.2, 0) is 14.4 Å². The van der Waals surface area contributed by atoms with E-state index in [9.17, 15) is 14.4 Å². The van der Waals surface area contributed by atoms with Gasteiger partial charge in [-0.25, -0.2) is 0 Å². The number of aliphatic carboxylic acids is 1. The van der Waals surface area contributed by atoms with Gasteiger partial charge >= 0.3 is 5.97 Å². The van der Waals surface area contributed by atoms with E-state index in [-0.39, 0.29) is 6.54 Å². The van der Waals surface area contributed by atoms with Gasteiger partial charge in [-0.3, -0.25) is 14.4 Å². The summed E-state index contributed by atoms with van der Waals surface area (Å²) in [6.07, 6.45) is 12.6. The number of carbonyl (C=O) groups excluding carboxylic acids is 2. The molecule has 0 aromatic heterocycles. The molecule has 4 saturated carbocycles. The summed E-state index contributed by atoms with van der Waals surface area (Å²) in [4.78, 5) is 33.0. The molecule has 0 aromatic carbocycles. The second-order valence-electron chi connectivity index (χ2n) is 13.1. The molecule has 4 aliphatic rings. The Bertz CT molecular complexity index is 790. The van der Waals surface area contributed by atoms with E-state index < -0.39 is 17.4 Å². The Kier molecular flexibility index (Phi) is 7.91. The van der Waals surface area contributed by atoms with Gasteiger partial charge in [0.05, 0.1) is 5.54 Å². The van der Waals surface area contributed by atoms with E-state index in [1.807, 2.05) is 6.92 Å². The Morgan fingerprint density at radius 1 is 0.971 bits per heavy atom. The molecule has 0 heterocycles. The second kappa shape index (κ2) is 9.91. The van der Waals surface area contributed by atoms with Crippen LogP contribution in [0.2, 0.25) is 0 Å². The van der Waals surface area contributed by atoms with Crippen molar-refractivity contribution < 1.29 is 19.5 Å². The molecule has 4 fully saturated rings. The molecule has 6 nitrogen and oxygen atoms in total. The Hall–Kier alpha value is -1.43. The molecular formula is C28H48N2O4. The topological polar surface area (TPSA) is 109 Å². The smallest absolute Gasteiger partial charge is 0.322 e. The van der Waals surface area contributed by atoms with Crippen molar-refractivity contribution in [3.05, 3.63) is 0 Å². The molecule has 8 atom stereocenters. The molecule has 0 spiro atoms. The zero-order chi connectivity index (χ0) is 25.5. The van der Waals surface area contributed by atoms with Crippen molar-refractivity contribution in [1.82, 2.24) is 5.32 Å². The van der Waals surface area contributed by atoms with Crippen molar-refractivity contribution in [2.45, 2.75) is 105 Å². The number of carbonyl (C=O) groups is 3. The quantitative estimate of drug-likeness (QED) is 0.540. The molecule has 0 aliphatic heterocycles. The summed E-state index contributed by atoms with van der Waals surface area (Å²) in [5, 5.41) is 10.3. The van der Waals surface area contributed by atoms with E-state index in [4.69, 9.17) is 10.8 Å². The van der Waals surface area contributed by atoms with Crippen LogP contribution in [0.3, 0.4) is 0 Å². The molecule has 0 radical (unpaired) electrons. The van der Waals surface area contributed by atoms with Gasteiger partial charge in [-0.05, 0) is 113 Å². The van der Waals surface area contributed by atoms with Crippen LogP contribution in [0.4, 0.5) is 0 Å². The van der Waals surface area contributed by atoms with Gasteiger partial charge in [0.2, 0.25) is 5.91 Å². The van der Waals surface area contributed by atoms with Crippen LogP contribution in [0.25, 0.3) is 0 Å². The number of amides is 1. The minimum atomic E-state index is -1.08. The fraction of sp³-hybridized carbons (Fsp3) is 0.893. The van der Waals surface area contributed by atoms with Crippen LogP contribution >= 0.6 is 0 Å². The molecule has 0 saturated heterocycles. The lowest BCUT2D eigenvalue weighted by Crippen LogP contribution is -2.53. The summed E-state index contributed by atoms with van der Waals surface area (Å²) in [7, 11) is 0. The standard InChI is InChI=1S/C22H36O.C6H12N2O3/c1-14-9-11-21(3)16(13-14)5-6-17-19-8-7-18(15(2)23)22(19,4)12-10-20(17)21;1-6(2,7)5(11)8-3-4(9)10/h14,16-20H,5-13H2,1-4H3;3,7H2,1-2H3,(H,8,11)(H,9,10). The third kappa shape index (κ3) is 5.22. The van der Waals surface area contributed by atoms with Gasteiger partial charge in [-0.2, -0.15) is 0 Å². The average Bonchev–Trinajstić information content (AvgIpc) is 3.09. The number of rotatable bonds is 4. The molecule has 0 bridgehead atoms. The highest BCUT2D eigenvalue weighted by molar-refractivity contribution is 5.87. The Morgan fingerprint density at radius 2 is 1.59 bits per heavy atom. The fourth-order valence-electron chi connectivity index (χ4n) is 8.52. The minimum absolute atomic E-state index is 0.332. The molecule has 0 aromatic rings. The van der Waals surface area contributed by atoms with E-state index in [0.29, 0.717) is 22.5 Å². The highest BCUT2D eigenvalue weighted by atomic mass is 16.4. The SMILES string of the molecule is CC(=O)C1CCC2C3CCC4CC(C)CCC4(C)C3CCC12C.CC(C)(N)C(=O)NCC(=O)O. The van der Waals surface area contributed by atoms with Gasteiger partial charge in [0.25, 0.3) is 0 Å². The summed E-state index contributed by atoms with van der Waals surface area (Å²) >= 11 is 0. The Labute approximate surface area is 206 Å². The largest absolute Gasteiger partial charge is 0.480 e. The van der Waals surface area contributed by atoms with E-state index in [0.717, 1.165) is 29.6 Å². The predicted molar refractivity (Wildman–Crippen MR) is 134 cm³/mol. The van der Waals surface area contributed by atoms with Crippen molar-refractivity contribution in [2.24, 2.45) is 52.1 Å². The first kappa shape index (κ1) is 27.2. The van der Waals surface area contributed by atoms with Crippen LogP contribution in [0.1, 0.15) is 99.3 Å². The van der Waals surface area contributed by atoms with Crippen LogP contribution in [0.5, 0.6) is 0 Å². The predicted octanol–water partition coefficient (Wildman–Crippen LogP) is 4.79. The Balaban J connectivity index is 0.000000252. The van der Waals surface area contributed by atoms with Crippen molar-refractivity contribution in [3.8, 4) is 0 Å². The van der Waals surface area contributed by atoms with Crippen LogP contribution in [0.15, 0.2) is 0 Å². The zero-order valence-corrected chi connectivity index (χ0v) is 22.3. The summed E-state index contributed by atoms with van der Waals surface area (Å²) < 4.78 is 0. The summed E-state index contributed by atoms with van der Waals surface area (Å²) in [5.74, 6) is 3.94. The lowest BCUT2D eigenvalue weighted by molar-refractivity contribution is -0.138. The van der Waals surface area contributed by atoms with E-state index in [2.05, 4.69) is 26.1 Å². The molecule has 4 aliphatic carbocycles. The highest BCUT2D eigenvalue weighted by Crippen LogP contribution is 2.67. The first-order valence-electron chi connectivity index (χ1n) is 13.5. The van der Waals surface area contributed by atoms with Gasteiger partial charge in [0, 0.05) is 5.92 Å². The third-order valence-electron chi connectivity index (χ3n) is 10.4. The van der Waals surface area contributed by atoms with E-state index in [1.54, 1.807) is 0 Å². The number of fused-ring (bicyclic) bond motifs is 5. The maximum Gasteiger partial charge on any atom is 0.322 e. The van der Waals surface area contributed by atoms with Gasteiger partial charge in [0.1, 0.15) is 12.3 Å². The lowest BCUT2D eigenvalue weighted by Gasteiger charge is -2.61. The zero-order valence-electron chi connectivity index (χ0n) is 22.3. The molecule has 4 rings (SSSR count). The third-order valence-corrected chi connectivity index (χ3v) is 10.4. The highest BCUT2D eigenvalue weighted by Gasteiger charge is 2.60. The van der Waals surface area contributed by atoms with Crippen molar-refractivity contribution in [2.75, 3.05) is 6.54 Å². The number of nitrogens with two attached hydrogens (primary N) is 1. The number of Topliss-reactive ketones (excluding diaryl/α,β-unsaturated/α-hetero) is 1. The van der Waals surface area contributed by atoms with Gasteiger partial charge in [-0.1, -0.05) is 27.2 Å². The summed E-state index contributed by atoms with van der Waals surface area (Å²) in [6.45, 7) is 12.1. The molecule has 6 heteroatoms. The molecule has 4 N–H and O–H groups in total. The molecular weight excluding hydrogens is 428 g/mol. The van der Waals surface area contributed by atoms with Gasteiger partial charge < -0.3 is 16.2 Å². The fourth-order valence-corrected chi connectivity index (χ4v) is 8.52. The van der Waals surface area contributed by atoms with Crippen molar-refractivity contribution in [1.29, 1.82) is 0 Å². The maximum atomic E-state index is 12.2. The monoisotopic (exact) mass is 476 g/mol. The van der Waals surface area contributed by atoms with Crippen molar-refractivity contribution in [3.63, 3.8) is 0 Å². The van der Waals surface area contributed by atoms with Crippen LogP contribution in [0, 0.1) is 46.3 Å². The average molecular weight is 477 g/mol. The van der Waals surface area contributed by atoms with E-state index >= 15 is 0 Å². The van der Waals surface area contributed by atoms with E-state index in [1.165, 1.54) is 71.6 Å². The summed E-state index contributed by atoms with van der Waals surface area (Å²) in [6, 6.07) is 0. The maximum absolute atomic E-state index is 12.2. The first-order chi connectivity index (χ1) is 15.7. The van der Waals surface area contributed by atoms with Gasteiger partial charge in [0.15, 0.2) is 0 Å². The molecule has 8 unspecified atom stereocenters. The summed E-state index contributed by atoms with van der Waals surface area (Å²) in [5.41, 5.74) is 5.29. The van der Waals surface area contributed by atoms with Gasteiger partial charge in [-0.15, -0.1) is 0 Å². The molecule has 34 heavy (non-hydrogen) atoms. The molecule has 194 valence electrons. The number of ketones is 1. The lowest BCUT2D eigenvalue weighted by atomic mass is 9.44. The normalized spacial score (nSPS) is 41.1. The minimum Gasteiger partial charge on any atom is -0.480 e. The second-order valence-corrected chi connectivity index (χ2v) is 13.1. The number of carboxylic acid groups (broad SMARTS) is 1.